The first kappa shape index (κ1) is 20.3. The van der Waals surface area contributed by atoms with E-state index in [4.69, 9.17) is 4.74 Å². The number of benzene rings is 2. The Balaban J connectivity index is 2.19. The van der Waals surface area contributed by atoms with Gasteiger partial charge in [-0.1, -0.05) is 0 Å². The van der Waals surface area contributed by atoms with E-state index >= 15 is 0 Å². The van der Waals surface area contributed by atoms with Crippen molar-refractivity contribution < 1.29 is 21.6 Å². The van der Waals surface area contributed by atoms with Crippen LogP contribution >= 0.6 is 0 Å². The van der Waals surface area contributed by atoms with Crippen molar-refractivity contribution in [2.24, 2.45) is 10.6 Å². The van der Waals surface area contributed by atoms with Crippen LogP contribution in [0.1, 0.15) is 0 Å². The number of nitroso groups, excluding NO2 is 2. The molecule has 0 aliphatic heterocycles. The van der Waals surface area contributed by atoms with E-state index in [0.29, 0.717) is 8.83 Å². The summed E-state index contributed by atoms with van der Waals surface area (Å²) in [6.07, 6.45) is 0. The van der Waals surface area contributed by atoms with Crippen LogP contribution in [0, 0.1) is 9.81 Å². The van der Waals surface area contributed by atoms with E-state index in [1.54, 1.807) is 0 Å². The average Bonchev–Trinajstić information content (AvgIpc) is 2.67. The van der Waals surface area contributed by atoms with Gasteiger partial charge in [0.2, 0.25) is 0 Å². The number of sulfonamides is 2. The third kappa shape index (κ3) is 4.20. The van der Waals surface area contributed by atoms with Gasteiger partial charge in [-0.3, -0.25) is 0 Å². The van der Waals surface area contributed by atoms with Gasteiger partial charge in [0, 0.05) is 14.1 Å². The van der Waals surface area contributed by atoms with Crippen molar-refractivity contribution in [3.8, 4) is 11.5 Å². The first-order chi connectivity index (χ1) is 12.6. The zero-order valence-corrected chi connectivity index (χ0v) is 15.7. The molecule has 0 radical (unpaired) electrons. The van der Waals surface area contributed by atoms with Crippen LogP contribution in [0.25, 0.3) is 0 Å². The Morgan fingerprint density at radius 2 is 0.963 bits per heavy atom. The van der Waals surface area contributed by atoms with Crippen molar-refractivity contribution in [1.82, 2.24) is 8.83 Å². The third-order valence-corrected chi connectivity index (χ3v) is 6.67. The fraction of sp³-hybridized carbons (Fsp3) is 0.143. The highest BCUT2D eigenvalue weighted by atomic mass is 32.2. The Morgan fingerprint density at radius 3 is 1.22 bits per heavy atom. The lowest BCUT2D eigenvalue weighted by Crippen LogP contribution is -2.20. The van der Waals surface area contributed by atoms with E-state index in [-0.39, 0.29) is 21.3 Å². The normalized spacial score (nSPS) is 11.5. The van der Waals surface area contributed by atoms with E-state index in [1.807, 2.05) is 0 Å². The molecule has 2 rings (SSSR count). The van der Waals surface area contributed by atoms with E-state index in [0.717, 1.165) is 14.1 Å². The molecule has 0 atom stereocenters. The summed E-state index contributed by atoms with van der Waals surface area (Å²) in [7, 11) is -6.01. The van der Waals surface area contributed by atoms with E-state index in [2.05, 4.69) is 10.6 Å². The van der Waals surface area contributed by atoms with Crippen LogP contribution in [0.15, 0.2) is 68.9 Å². The van der Waals surface area contributed by atoms with E-state index in [9.17, 15) is 26.6 Å². The topological polar surface area (TPSA) is 143 Å². The largest absolute Gasteiger partial charge is 0.457 e. The first-order valence-corrected chi connectivity index (χ1v) is 10.0. The Labute approximate surface area is 155 Å². The molecule has 0 heterocycles. The fourth-order valence-corrected chi connectivity index (χ4v) is 3.63. The maximum absolute atomic E-state index is 11.9. The molecular formula is C14H14N4O7S2. The van der Waals surface area contributed by atoms with E-state index in [1.165, 1.54) is 48.5 Å². The molecule has 0 aliphatic rings. The highest BCUT2D eigenvalue weighted by Crippen LogP contribution is 2.25. The molecule has 27 heavy (non-hydrogen) atoms. The molecule has 0 spiro atoms. The summed E-state index contributed by atoms with van der Waals surface area (Å²) in [5, 5.41) is 4.72. The standard InChI is InChI=1S/C14H14N4O7S2/c1-17(15-19)26(21,22)13-7-3-11(4-8-13)25-12-5-9-14(10-6-12)27(23,24)18(2)16-20/h3-10H,1-2H3. The van der Waals surface area contributed by atoms with E-state index < -0.39 is 20.0 Å². The van der Waals surface area contributed by atoms with Gasteiger partial charge in [-0.2, -0.15) is 25.7 Å². The monoisotopic (exact) mass is 414 g/mol. The lowest BCUT2D eigenvalue weighted by Gasteiger charge is -2.12. The second-order valence-electron chi connectivity index (χ2n) is 5.09. The molecule has 0 bridgehead atoms. The zero-order chi connectivity index (χ0) is 20.2. The number of nitrogens with zero attached hydrogens (tertiary/aromatic N) is 4. The predicted molar refractivity (Wildman–Crippen MR) is 94.4 cm³/mol. The summed E-state index contributed by atoms with van der Waals surface area (Å²) in [6.45, 7) is 0. The molecule has 0 amide bonds. The fourth-order valence-electron chi connectivity index (χ4n) is 1.89. The summed E-state index contributed by atoms with van der Waals surface area (Å²) >= 11 is 0. The smallest absolute Gasteiger partial charge is 0.281 e. The minimum Gasteiger partial charge on any atom is -0.457 e. The highest BCUT2D eigenvalue weighted by molar-refractivity contribution is 7.89. The maximum Gasteiger partial charge on any atom is 0.281 e. The summed E-state index contributed by atoms with van der Waals surface area (Å²) in [5.41, 5.74) is 0. The molecule has 0 saturated heterocycles. The molecule has 0 aliphatic carbocycles. The van der Waals surface area contributed by atoms with Crippen LogP contribution in [-0.4, -0.2) is 39.8 Å². The van der Waals surface area contributed by atoms with Gasteiger partial charge >= 0.3 is 0 Å². The van der Waals surface area contributed by atoms with Crippen molar-refractivity contribution >= 4 is 20.0 Å². The van der Waals surface area contributed by atoms with Crippen molar-refractivity contribution in [2.45, 2.75) is 9.79 Å². The van der Waals surface area contributed by atoms with Crippen molar-refractivity contribution in [3.05, 3.63) is 58.3 Å². The van der Waals surface area contributed by atoms with Crippen LogP contribution in [0.3, 0.4) is 0 Å². The summed E-state index contributed by atoms with van der Waals surface area (Å²) in [5.74, 6) is 0.552. The highest BCUT2D eigenvalue weighted by Gasteiger charge is 2.21. The summed E-state index contributed by atoms with van der Waals surface area (Å²) in [6, 6.07) is 10.4. The van der Waals surface area contributed by atoms with Gasteiger partial charge < -0.3 is 4.74 Å². The summed E-state index contributed by atoms with van der Waals surface area (Å²) in [4.78, 5) is 20.5. The Hall–Kier alpha value is -3.06. The van der Waals surface area contributed by atoms with Crippen molar-refractivity contribution in [1.29, 1.82) is 0 Å². The van der Waals surface area contributed by atoms with Gasteiger partial charge in [0.05, 0.1) is 20.4 Å². The minimum absolute atomic E-state index is 0.150. The Morgan fingerprint density at radius 1 is 0.667 bits per heavy atom. The maximum atomic E-state index is 11.9. The SMILES string of the molecule is CN(N=O)S(=O)(=O)c1ccc(Oc2ccc(S(=O)(=O)N(C)N=O)cc2)cc1. The van der Waals surface area contributed by atoms with Gasteiger partial charge in [-0.25, -0.2) is 0 Å². The van der Waals surface area contributed by atoms with Gasteiger partial charge in [0.15, 0.2) is 0 Å². The Kier molecular flexibility index (Phi) is 5.75. The van der Waals surface area contributed by atoms with Gasteiger partial charge in [-0.05, 0) is 48.5 Å². The van der Waals surface area contributed by atoms with Gasteiger partial charge in [0.1, 0.15) is 11.5 Å². The minimum atomic E-state index is -4.02. The molecule has 0 saturated carbocycles. The molecule has 0 aromatic heterocycles. The summed E-state index contributed by atoms with van der Waals surface area (Å²) < 4.78 is 53.9. The van der Waals surface area contributed by atoms with Crippen molar-refractivity contribution in [3.63, 3.8) is 0 Å². The predicted octanol–water partition coefficient (Wildman–Crippen LogP) is 2.08. The van der Waals surface area contributed by atoms with Crippen LogP contribution in [0.4, 0.5) is 0 Å². The third-order valence-electron chi connectivity index (χ3n) is 3.40. The number of hydrogen-bond acceptors (Lipinski definition) is 9. The Bertz CT molecular complexity index is 950. The molecule has 13 heteroatoms. The average molecular weight is 414 g/mol. The molecule has 11 nitrogen and oxygen atoms in total. The second-order valence-corrected chi connectivity index (χ2v) is 8.99. The molecule has 144 valence electrons. The molecular weight excluding hydrogens is 400 g/mol. The first-order valence-electron chi connectivity index (χ1n) is 7.15. The van der Waals surface area contributed by atoms with Gasteiger partial charge in [-0.15, -0.1) is 9.81 Å². The quantitative estimate of drug-likeness (QED) is 0.475. The second kappa shape index (κ2) is 7.67. The van der Waals surface area contributed by atoms with Crippen LogP contribution in [0.2, 0.25) is 0 Å². The van der Waals surface area contributed by atoms with Gasteiger partial charge in [0.25, 0.3) is 20.0 Å². The molecule has 2 aromatic rings. The van der Waals surface area contributed by atoms with Crippen LogP contribution < -0.4 is 4.74 Å². The lowest BCUT2D eigenvalue weighted by atomic mass is 10.3. The lowest BCUT2D eigenvalue weighted by molar-refractivity contribution is 0.477. The van der Waals surface area contributed by atoms with Crippen LogP contribution in [0.5, 0.6) is 11.5 Å². The van der Waals surface area contributed by atoms with Crippen LogP contribution in [-0.2, 0) is 20.0 Å². The molecule has 2 aromatic carbocycles. The number of rotatable bonds is 8. The number of hydrogen-bond donors (Lipinski definition) is 0. The zero-order valence-electron chi connectivity index (χ0n) is 14.1. The molecule has 0 N–H and O–H groups in total. The molecule has 0 unspecified atom stereocenters. The van der Waals surface area contributed by atoms with Crippen molar-refractivity contribution in [2.75, 3.05) is 14.1 Å². The molecule has 0 fully saturated rings. The number of ether oxygens (including phenoxy) is 1.